The number of halogens is 11. The molecule has 0 heterocycles. The summed E-state index contributed by atoms with van der Waals surface area (Å²) >= 11 is 8.38. The van der Waals surface area contributed by atoms with Gasteiger partial charge in [-0.2, -0.15) is 0 Å². The highest BCUT2D eigenvalue weighted by Crippen LogP contribution is 2.42. The summed E-state index contributed by atoms with van der Waals surface area (Å²) in [4.78, 5) is 0. The fraction of sp³-hybridized carbons (Fsp3) is 0. The van der Waals surface area contributed by atoms with E-state index >= 15 is 0 Å². The molecule has 0 fully saturated rings. The highest BCUT2D eigenvalue weighted by molar-refractivity contribution is 9.11. The first kappa shape index (κ1) is 23.3. The van der Waals surface area contributed by atoms with E-state index in [1.165, 1.54) is 7.85 Å². The van der Waals surface area contributed by atoms with Crippen LogP contribution < -0.4 is 5.46 Å². The molecule has 0 nitrogen and oxygen atoms in total. The molecule has 3 aromatic carbocycles. The first-order valence-corrected chi connectivity index (χ1v) is 10.1. The summed E-state index contributed by atoms with van der Waals surface area (Å²) in [6.45, 7) is 0. The van der Waals surface area contributed by atoms with Crippen molar-refractivity contribution in [3.05, 3.63) is 72.1 Å². The highest BCUT2D eigenvalue weighted by Gasteiger charge is 2.29. The van der Waals surface area contributed by atoms with Gasteiger partial charge in [0.25, 0.3) is 0 Å². The summed E-state index contributed by atoms with van der Waals surface area (Å²) in [5, 5.41) is 0. The molecule has 156 valence electrons. The van der Waals surface area contributed by atoms with Gasteiger partial charge in [0.05, 0.1) is 8.95 Å². The van der Waals surface area contributed by atoms with E-state index in [-0.39, 0.29) is 21.1 Å². The second-order valence-electron chi connectivity index (χ2n) is 6.04. The van der Waals surface area contributed by atoms with Crippen molar-refractivity contribution in [1.29, 1.82) is 0 Å². The van der Waals surface area contributed by atoms with Crippen molar-refractivity contribution in [2.75, 3.05) is 0 Å². The summed E-state index contributed by atoms with van der Waals surface area (Å²) in [7, 11) is 1.33. The zero-order valence-corrected chi connectivity index (χ0v) is 19.1. The van der Waals surface area contributed by atoms with Gasteiger partial charge in [0.1, 0.15) is 7.85 Å². The largest absolute Gasteiger partial charge is 0.203 e. The van der Waals surface area contributed by atoms with Crippen LogP contribution in [-0.2, 0) is 0 Å². The van der Waals surface area contributed by atoms with Gasteiger partial charge in [-0.1, -0.05) is 27.5 Å². The van der Waals surface area contributed by atoms with E-state index in [1.807, 2.05) is 0 Å². The van der Waals surface area contributed by atoms with Crippen LogP contribution in [0, 0.1) is 46.5 Å². The average molecular weight is 623 g/mol. The molecule has 30 heavy (non-hydrogen) atoms. The van der Waals surface area contributed by atoms with Crippen molar-refractivity contribution in [3.8, 4) is 22.3 Å². The standard InChI is InChI=1S/C18H4BBr3F8/c19-5-1-4(8-10(22)14(26)18(30)16(28)12(8)24)6(20)2-3(5)7-9(21)13(25)17(29)15(27)11(7)23/h1-2H,19H2. The van der Waals surface area contributed by atoms with Crippen LogP contribution in [0.1, 0.15) is 0 Å². The van der Waals surface area contributed by atoms with Crippen LogP contribution in [-0.4, -0.2) is 7.85 Å². The van der Waals surface area contributed by atoms with Gasteiger partial charge in [0.2, 0.25) is 0 Å². The summed E-state index contributed by atoms with van der Waals surface area (Å²) in [5.41, 5.74) is -1.56. The lowest BCUT2D eigenvalue weighted by Gasteiger charge is -2.17. The van der Waals surface area contributed by atoms with E-state index in [9.17, 15) is 35.1 Å². The third-order valence-electron chi connectivity index (χ3n) is 4.27. The van der Waals surface area contributed by atoms with Gasteiger partial charge in [-0.25, -0.2) is 35.1 Å². The molecule has 0 aliphatic carbocycles. The van der Waals surface area contributed by atoms with Crippen LogP contribution in [0.5, 0.6) is 0 Å². The molecule has 0 unspecified atom stereocenters. The Morgan fingerprint density at radius 3 is 1.30 bits per heavy atom. The SMILES string of the molecule is Bc1cc(-c2c(F)c(F)c(F)c(F)c2Br)c(Br)cc1-c1c(F)c(F)c(F)c(F)c1Br. The zero-order valence-electron chi connectivity index (χ0n) is 14.3. The van der Waals surface area contributed by atoms with Gasteiger partial charge in [-0.15, -0.1) is 0 Å². The molecule has 0 saturated carbocycles. The number of hydrogen-bond acceptors (Lipinski definition) is 0. The Hall–Kier alpha value is -1.40. The van der Waals surface area contributed by atoms with Gasteiger partial charge >= 0.3 is 0 Å². The van der Waals surface area contributed by atoms with Crippen molar-refractivity contribution in [2.45, 2.75) is 0 Å². The third-order valence-corrected chi connectivity index (χ3v) is 6.42. The van der Waals surface area contributed by atoms with E-state index < -0.39 is 66.6 Å². The number of benzene rings is 3. The molecule has 0 atom stereocenters. The number of hydrogen-bond donors (Lipinski definition) is 0. The molecule has 0 aliphatic heterocycles. The molecule has 12 heteroatoms. The van der Waals surface area contributed by atoms with E-state index in [0.717, 1.165) is 12.1 Å². The Labute approximate surface area is 190 Å². The monoisotopic (exact) mass is 620 g/mol. The maximum absolute atomic E-state index is 14.4. The topological polar surface area (TPSA) is 0 Å². The zero-order chi connectivity index (χ0) is 22.7. The van der Waals surface area contributed by atoms with Gasteiger partial charge in [-0.05, 0) is 49.1 Å². The molecule has 0 N–H and O–H groups in total. The van der Waals surface area contributed by atoms with Gasteiger partial charge < -0.3 is 0 Å². The van der Waals surface area contributed by atoms with E-state index in [2.05, 4.69) is 47.8 Å². The molecule has 0 amide bonds. The Kier molecular flexibility index (Phi) is 6.42. The van der Waals surface area contributed by atoms with E-state index in [1.54, 1.807) is 0 Å². The lowest BCUT2D eigenvalue weighted by Crippen LogP contribution is -2.12. The molecule has 0 radical (unpaired) electrons. The average Bonchev–Trinajstić information content (AvgIpc) is 2.71. The maximum atomic E-state index is 14.4. The fourth-order valence-electron chi connectivity index (χ4n) is 2.83. The quantitative estimate of drug-likeness (QED) is 0.130. The third kappa shape index (κ3) is 3.50. The lowest BCUT2D eigenvalue weighted by atomic mass is 9.84. The van der Waals surface area contributed by atoms with E-state index in [0.29, 0.717) is 0 Å². The molecule has 0 spiro atoms. The van der Waals surface area contributed by atoms with Crippen LogP contribution in [0.15, 0.2) is 25.6 Å². The minimum Gasteiger partial charge on any atom is -0.203 e. The summed E-state index contributed by atoms with van der Waals surface area (Å²) in [6.07, 6.45) is 0. The Bertz CT molecular complexity index is 1080. The van der Waals surface area contributed by atoms with Crippen molar-refractivity contribution in [1.82, 2.24) is 0 Å². The van der Waals surface area contributed by atoms with Crippen LogP contribution >= 0.6 is 47.8 Å². The molecule has 0 saturated heterocycles. The molecule has 0 bridgehead atoms. The molecule has 3 rings (SSSR count). The maximum Gasteiger partial charge on any atom is 0.198 e. The van der Waals surface area contributed by atoms with Crippen LogP contribution in [0.3, 0.4) is 0 Å². The van der Waals surface area contributed by atoms with Crippen molar-refractivity contribution in [3.63, 3.8) is 0 Å². The first-order chi connectivity index (χ1) is 13.9. The summed E-state index contributed by atoms with van der Waals surface area (Å²) in [5.74, 6) is -14.8. The van der Waals surface area contributed by atoms with Crippen LogP contribution in [0.2, 0.25) is 0 Å². The minimum absolute atomic E-state index is 0.0784. The molecule has 3 aromatic rings. The minimum atomic E-state index is -2.05. The Morgan fingerprint density at radius 2 is 0.867 bits per heavy atom. The highest BCUT2D eigenvalue weighted by atomic mass is 79.9. The predicted octanol–water partition coefficient (Wildman–Crippen LogP) is 6.68. The van der Waals surface area contributed by atoms with Crippen molar-refractivity contribution >= 4 is 61.1 Å². The van der Waals surface area contributed by atoms with Crippen molar-refractivity contribution < 1.29 is 35.1 Å². The smallest absolute Gasteiger partial charge is 0.198 e. The van der Waals surface area contributed by atoms with Gasteiger partial charge in [0, 0.05) is 15.6 Å². The normalized spacial score (nSPS) is 11.3. The Morgan fingerprint density at radius 1 is 0.500 bits per heavy atom. The van der Waals surface area contributed by atoms with Gasteiger partial charge in [0.15, 0.2) is 46.5 Å². The molecule has 0 aliphatic rings. The Balaban J connectivity index is 2.34. The second kappa shape index (κ2) is 8.27. The molecular formula is C18H4BBr3F8. The van der Waals surface area contributed by atoms with E-state index in [4.69, 9.17) is 0 Å². The lowest BCUT2D eigenvalue weighted by molar-refractivity contribution is 0.408. The number of rotatable bonds is 2. The van der Waals surface area contributed by atoms with Crippen molar-refractivity contribution in [2.24, 2.45) is 0 Å². The van der Waals surface area contributed by atoms with Gasteiger partial charge in [-0.3, -0.25) is 0 Å². The summed E-state index contributed by atoms with van der Waals surface area (Å²) < 4.78 is 109. The second-order valence-corrected chi connectivity index (χ2v) is 8.48. The summed E-state index contributed by atoms with van der Waals surface area (Å²) in [6, 6.07) is 2.22. The predicted molar refractivity (Wildman–Crippen MR) is 108 cm³/mol. The molecular weight excluding hydrogens is 619 g/mol. The van der Waals surface area contributed by atoms with Crippen LogP contribution in [0.4, 0.5) is 35.1 Å². The van der Waals surface area contributed by atoms with Crippen LogP contribution in [0.25, 0.3) is 22.3 Å². The fourth-order valence-corrected chi connectivity index (χ4v) is 4.49. The first-order valence-electron chi connectivity index (χ1n) is 7.73. The molecule has 0 aromatic heterocycles.